The first-order valence-electron chi connectivity index (χ1n) is 9.37. The summed E-state index contributed by atoms with van der Waals surface area (Å²) in [5.74, 6) is -1.91. The third kappa shape index (κ3) is 3.21. The maximum absolute atomic E-state index is 14.9. The summed E-state index contributed by atoms with van der Waals surface area (Å²) >= 11 is 6.13. The fourth-order valence-corrected chi connectivity index (χ4v) is 5.74. The van der Waals surface area contributed by atoms with Gasteiger partial charge in [-0.1, -0.05) is 29.8 Å². The lowest BCUT2D eigenvalue weighted by Crippen LogP contribution is -2.53. The van der Waals surface area contributed by atoms with E-state index in [4.69, 9.17) is 22.1 Å². The molecule has 10 heteroatoms. The molecule has 7 nitrogen and oxygen atoms in total. The van der Waals surface area contributed by atoms with Crippen molar-refractivity contribution in [2.45, 2.75) is 16.5 Å². The normalized spacial score (nSPS) is 20.1. The summed E-state index contributed by atoms with van der Waals surface area (Å²) in [6.07, 6.45) is 0. The molecule has 32 heavy (non-hydrogen) atoms. The van der Waals surface area contributed by atoms with E-state index >= 15 is 0 Å². The van der Waals surface area contributed by atoms with E-state index in [1.165, 1.54) is 60.7 Å². The van der Waals surface area contributed by atoms with Gasteiger partial charge in [-0.05, 0) is 48.5 Å². The number of benzene rings is 3. The van der Waals surface area contributed by atoms with E-state index in [1.54, 1.807) is 0 Å². The fraction of sp³-hybridized carbons (Fsp3) is 0.136. The summed E-state index contributed by atoms with van der Waals surface area (Å²) in [4.78, 5) is 12.8. The highest BCUT2D eigenvalue weighted by atomic mass is 35.5. The highest BCUT2D eigenvalue weighted by Gasteiger charge is 2.60. The van der Waals surface area contributed by atoms with Crippen molar-refractivity contribution in [1.82, 2.24) is 0 Å². The quantitative estimate of drug-likeness (QED) is 0.442. The number of sulfonamides is 1. The van der Waals surface area contributed by atoms with Crippen LogP contribution in [0.5, 0.6) is 0 Å². The van der Waals surface area contributed by atoms with Crippen molar-refractivity contribution in [1.29, 1.82) is 0 Å². The van der Waals surface area contributed by atoms with Crippen LogP contribution in [0, 0.1) is 5.82 Å². The van der Waals surface area contributed by atoms with E-state index < -0.39 is 33.5 Å². The third-order valence-corrected chi connectivity index (χ3v) is 7.41. The zero-order valence-corrected chi connectivity index (χ0v) is 18.3. The summed E-state index contributed by atoms with van der Waals surface area (Å²) in [5, 5.41) is 12.0. The van der Waals surface area contributed by atoms with Gasteiger partial charge in [-0.15, -0.1) is 0 Å². The van der Waals surface area contributed by atoms with Crippen molar-refractivity contribution in [3.63, 3.8) is 0 Å². The molecule has 2 atom stereocenters. The van der Waals surface area contributed by atoms with Crippen LogP contribution < -0.4 is 10.0 Å². The van der Waals surface area contributed by atoms with Gasteiger partial charge < -0.3 is 15.6 Å². The first kappa shape index (κ1) is 22.1. The zero-order chi connectivity index (χ0) is 23.3. The molecule has 0 aliphatic carbocycles. The Balaban J connectivity index is 2.06. The molecule has 3 aromatic carbocycles. The molecular weight excluding hydrogens is 459 g/mol. The number of hydrogen-bond donors (Lipinski definition) is 2. The number of nitrogens with two attached hydrogens (primary N) is 1. The molecule has 3 N–H and O–H groups in total. The van der Waals surface area contributed by atoms with Crippen LogP contribution in [-0.2, 0) is 25.2 Å². The number of nitrogens with zero attached hydrogens (tertiary/aromatic N) is 1. The Morgan fingerprint density at radius 1 is 1.12 bits per heavy atom. The number of methoxy groups -OCH3 is 1. The van der Waals surface area contributed by atoms with E-state index in [9.17, 15) is 22.7 Å². The number of halogens is 2. The fourth-order valence-electron chi connectivity index (χ4n) is 3.92. The molecule has 1 aliphatic heterocycles. The van der Waals surface area contributed by atoms with Gasteiger partial charge in [0.1, 0.15) is 5.82 Å². The Morgan fingerprint density at radius 3 is 2.41 bits per heavy atom. The lowest BCUT2D eigenvalue weighted by atomic mass is 9.82. The summed E-state index contributed by atoms with van der Waals surface area (Å²) < 4.78 is 47.8. The van der Waals surface area contributed by atoms with Crippen molar-refractivity contribution in [3.05, 3.63) is 88.7 Å². The van der Waals surface area contributed by atoms with Crippen LogP contribution >= 0.6 is 11.6 Å². The van der Waals surface area contributed by atoms with Gasteiger partial charge in [0.05, 0.1) is 17.7 Å². The summed E-state index contributed by atoms with van der Waals surface area (Å²) in [7, 11) is -3.38. The molecule has 0 amide bonds. The molecule has 166 valence electrons. The number of hydrogen-bond acceptors (Lipinski definition) is 6. The van der Waals surface area contributed by atoms with Crippen molar-refractivity contribution in [2.24, 2.45) is 0 Å². The molecule has 4 rings (SSSR count). The molecule has 3 aromatic rings. The molecule has 0 saturated carbocycles. The Labute approximate surface area is 188 Å². The number of anilines is 2. The summed E-state index contributed by atoms with van der Waals surface area (Å²) in [6, 6.07) is 12.8. The number of rotatable bonds is 4. The monoisotopic (exact) mass is 476 g/mol. The lowest BCUT2D eigenvalue weighted by Gasteiger charge is -2.33. The van der Waals surface area contributed by atoms with E-state index in [-0.39, 0.29) is 26.7 Å². The molecule has 1 aliphatic rings. The minimum atomic E-state index is -4.43. The van der Waals surface area contributed by atoms with Crippen molar-refractivity contribution in [3.8, 4) is 0 Å². The van der Waals surface area contributed by atoms with Crippen LogP contribution in [0.3, 0.4) is 0 Å². The molecule has 1 heterocycles. The minimum absolute atomic E-state index is 0.0348. The first-order chi connectivity index (χ1) is 15.1. The van der Waals surface area contributed by atoms with E-state index in [1.807, 2.05) is 0 Å². The average Bonchev–Trinajstić information content (AvgIpc) is 3.03. The zero-order valence-electron chi connectivity index (χ0n) is 16.7. The van der Waals surface area contributed by atoms with Gasteiger partial charge >= 0.3 is 5.97 Å². The topological polar surface area (TPSA) is 110 Å². The van der Waals surface area contributed by atoms with Crippen molar-refractivity contribution in [2.75, 3.05) is 17.1 Å². The Kier molecular flexibility index (Phi) is 5.36. The van der Waals surface area contributed by atoms with Crippen LogP contribution in [0.1, 0.15) is 11.1 Å². The van der Waals surface area contributed by atoms with E-state index in [0.29, 0.717) is 5.69 Å². The predicted molar refractivity (Wildman–Crippen MR) is 117 cm³/mol. The number of carbonyl (C=O) groups is 1. The van der Waals surface area contributed by atoms with Gasteiger partial charge in [-0.2, -0.15) is 0 Å². The van der Waals surface area contributed by atoms with Crippen LogP contribution in [0.4, 0.5) is 15.8 Å². The summed E-state index contributed by atoms with van der Waals surface area (Å²) in [6.45, 7) is 0. The third-order valence-electron chi connectivity index (χ3n) is 5.38. The van der Waals surface area contributed by atoms with E-state index in [0.717, 1.165) is 17.5 Å². The second-order valence-electron chi connectivity index (χ2n) is 7.20. The molecule has 0 spiro atoms. The smallest absolute Gasteiger partial charge is 0.333 e. The Hall–Kier alpha value is -3.14. The maximum atomic E-state index is 14.9. The van der Waals surface area contributed by atoms with Crippen molar-refractivity contribution >= 4 is 39.0 Å². The van der Waals surface area contributed by atoms with Crippen LogP contribution in [0.25, 0.3) is 0 Å². The average molecular weight is 477 g/mol. The largest absolute Gasteiger partial charge is 0.467 e. The molecule has 0 fully saturated rings. The highest BCUT2D eigenvalue weighted by Crippen LogP contribution is 2.51. The van der Waals surface area contributed by atoms with E-state index in [2.05, 4.69) is 0 Å². The van der Waals surface area contributed by atoms with Gasteiger partial charge in [0.25, 0.3) is 10.0 Å². The van der Waals surface area contributed by atoms with Crippen LogP contribution in [-0.4, -0.2) is 32.6 Å². The SMILES string of the molecule is COC(=O)[C@H]1N(S(=O)(=O)c2ccc(N)cc2)c2ccc(Cl)cc2[C@]1(O)c1ccccc1F. The maximum Gasteiger partial charge on any atom is 0.333 e. The Morgan fingerprint density at radius 2 is 1.78 bits per heavy atom. The molecule has 0 radical (unpaired) electrons. The number of aliphatic hydroxyl groups is 1. The number of fused-ring (bicyclic) bond motifs is 1. The summed E-state index contributed by atoms with van der Waals surface area (Å²) in [5.41, 5.74) is 3.21. The first-order valence-corrected chi connectivity index (χ1v) is 11.2. The molecule has 0 bridgehead atoms. The minimum Gasteiger partial charge on any atom is -0.467 e. The molecule has 0 unspecified atom stereocenters. The molecule has 0 aromatic heterocycles. The van der Waals surface area contributed by atoms with Crippen LogP contribution in [0.15, 0.2) is 71.6 Å². The Bertz CT molecular complexity index is 1320. The molecular formula is C22H18ClFN2O5S. The van der Waals surface area contributed by atoms with Gasteiger partial charge in [-0.25, -0.2) is 21.9 Å². The van der Waals surface area contributed by atoms with Crippen LogP contribution in [0.2, 0.25) is 5.02 Å². The standard InChI is InChI=1S/C22H18ClFN2O5S/c1-31-21(27)20-22(28,16-4-2-3-5-18(16)24)17-12-13(23)6-11-19(17)26(20)32(29,30)15-9-7-14(25)8-10-15/h2-12,20,28H,25H2,1H3/t20-,22-/m1/s1. The second-order valence-corrected chi connectivity index (χ2v) is 9.45. The lowest BCUT2D eigenvalue weighted by molar-refractivity contribution is -0.146. The number of esters is 1. The molecule has 0 saturated heterocycles. The number of nitrogen functional groups attached to an aromatic ring is 1. The van der Waals surface area contributed by atoms with Gasteiger partial charge in [-0.3, -0.25) is 0 Å². The number of ether oxygens (including phenoxy) is 1. The second kappa shape index (κ2) is 7.77. The van der Waals surface area contributed by atoms with Gasteiger partial charge in [0, 0.05) is 21.8 Å². The van der Waals surface area contributed by atoms with Gasteiger partial charge in [0.15, 0.2) is 11.6 Å². The highest BCUT2D eigenvalue weighted by molar-refractivity contribution is 7.93. The van der Waals surface area contributed by atoms with Crippen molar-refractivity contribution < 1.29 is 27.4 Å². The number of carbonyl (C=O) groups excluding carboxylic acids is 1. The van der Waals surface area contributed by atoms with Gasteiger partial charge in [0.2, 0.25) is 0 Å². The predicted octanol–water partition coefficient (Wildman–Crippen LogP) is 3.05.